The van der Waals surface area contributed by atoms with Crippen molar-refractivity contribution < 1.29 is 9.90 Å². The van der Waals surface area contributed by atoms with E-state index in [0.717, 1.165) is 19.2 Å². The second-order valence-corrected chi connectivity index (χ2v) is 6.07. The summed E-state index contributed by atoms with van der Waals surface area (Å²) in [5.41, 5.74) is 1.03. The minimum Gasteiger partial charge on any atom is -0.478 e. The normalized spacial score (nSPS) is 11.4. The van der Waals surface area contributed by atoms with Crippen LogP contribution in [0.3, 0.4) is 0 Å². The summed E-state index contributed by atoms with van der Waals surface area (Å²) in [6, 6.07) is 14.7. The molecule has 0 atom stereocenters. The zero-order valence-corrected chi connectivity index (χ0v) is 13.5. The molecule has 3 heteroatoms. The first-order valence-corrected chi connectivity index (χ1v) is 7.57. The minimum absolute atomic E-state index is 0.229. The van der Waals surface area contributed by atoms with Gasteiger partial charge < -0.3 is 10.4 Å². The van der Waals surface area contributed by atoms with Crippen LogP contribution in [0.5, 0.6) is 0 Å². The number of hydrogen-bond acceptors (Lipinski definition) is 2. The van der Waals surface area contributed by atoms with E-state index in [4.69, 9.17) is 5.11 Å². The summed E-state index contributed by atoms with van der Waals surface area (Å²) < 4.78 is 0. The van der Waals surface area contributed by atoms with E-state index < -0.39 is 5.97 Å². The zero-order chi connectivity index (χ0) is 16.7. The molecule has 0 aliphatic heterocycles. The smallest absolute Gasteiger partial charge is 0.328 e. The summed E-state index contributed by atoms with van der Waals surface area (Å²) in [5.74, 6) is 4.88. The minimum atomic E-state index is -0.980. The molecule has 0 aliphatic rings. The Morgan fingerprint density at radius 1 is 1.22 bits per heavy atom. The molecule has 0 saturated heterocycles. The standard InChI is InChI=1S/C20H21NO2/c1-20(2,13-6-5-12-19(22)23)15-21-14-17-10-7-9-16-8-3-4-11-18(16)17/h3-5,7-12,21H,14-15H2,1-2H3,(H,22,23)/b12-5+. The summed E-state index contributed by atoms with van der Waals surface area (Å²) in [4.78, 5) is 10.4. The summed E-state index contributed by atoms with van der Waals surface area (Å²) >= 11 is 0. The third-order valence-corrected chi connectivity index (χ3v) is 3.48. The van der Waals surface area contributed by atoms with Gasteiger partial charge in [0.05, 0.1) is 0 Å². The molecule has 0 saturated carbocycles. The lowest BCUT2D eigenvalue weighted by atomic mass is 9.94. The quantitative estimate of drug-likeness (QED) is 0.655. The Morgan fingerprint density at radius 2 is 1.96 bits per heavy atom. The van der Waals surface area contributed by atoms with Crippen LogP contribution in [0, 0.1) is 17.3 Å². The number of fused-ring (bicyclic) bond motifs is 1. The molecule has 23 heavy (non-hydrogen) atoms. The SMILES string of the molecule is CC(C)(C#C/C=C/C(=O)O)CNCc1cccc2ccccc12. The van der Waals surface area contributed by atoms with Crippen LogP contribution in [0.4, 0.5) is 0 Å². The highest BCUT2D eigenvalue weighted by Crippen LogP contribution is 2.19. The Balaban J connectivity index is 1.96. The van der Waals surface area contributed by atoms with Gasteiger partial charge in [0.25, 0.3) is 0 Å². The van der Waals surface area contributed by atoms with Crippen molar-refractivity contribution in [3.63, 3.8) is 0 Å². The maximum absolute atomic E-state index is 10.4. The molecule has 0 bridgehead atoms. The highest BCUT2D eigenvalue weighted by Gasteiger charge is 2.13. The molecular weight excluding hydrogens is 286 g/mol. The fourth-order valence-corrected chi connectivity index (χ4v) is 2.35. The summed E-state index contributed by atoms with van der Waals surface area (Å²) in [6.07, 6.45) is 2.42. The number of benzene rings is 2. The molecule has 0 fully saturated rings. The molecule has 2 N–H and O–H groups in total. The number of rotatable bonds is 5. The maximum Gasteiger partial charge on any atom is 0.328 e. The monoisotopic (exact) mass is 307 g/mol. The van der Waals surface area contributed by atoms with Crippen molar-refractivity contribution in [3.8, 4) is 11.8 Å². The number of carbonyl (C=O) groups is 1. The molecule has 2 aromatic rings. The molecule has 0 spiro atoms. The van der Waals surface area contributed by atoms with Crippen LogP contribution in [-0.4, -0.2) is 17.6 Å². The largest absolute Gasteiger partial charge is 0.478 e. The van der Waals surface area contributed by atoms with E-state index in [9.17, 15) is 4.79 Å². The first kappa shape index (κ1) is 16.8. The van der Waals surface area contributed by atoms with Crippen molar-refractivity contribution in [3.05, 3.63) is 60.2 Å². The van der Waals surface area contributed by atoms with Gasteiger partial charge in [-0.05, 0) is 36.3 Å². The van der Waals surface area contributed by atoms with Crippen molar-refractivity contribution >= 4 is 16.7 Å². The van der Waals surface area contributed by atoms with E-state index in [1.165, 1.54) is 22.4 Å². The van der Waals surface area contributed by atoms with Gasteiger partial charge in [-0.25, -0.2) is 4.79 Å². The van der Waals surface area contributed by atoms with Crippen LogP contribution >= 0.6 is 0 Å². The van der Waals surface area contributed by atoms with Crippen LogP contribution in [0.2, 0.25) is 0 Å². The number of hydrogen-bond donors (Lipinski definition) is 2. The predicted octanol–water partition coefficient (Wildman–Crippen LogP) is 3.60. The maximum atomic E-state index is 10.4. The van der Waals surface area contributed by atoms with Gasteiger partial charge in [-0.3, -0.25) is 0 Å². The first-order chi connectivity index (χ1) is 11.0. The van der Waals surface area contributed by atoms with Crippen LogP contribution < -0.4 is 5.32 Å². The molecule has 0 aliphatic carbocycles. The predicted molar refractivity (Wildman–Crippen MR) is 94.0 cm³/mol. The number of carboxylic acid groups (broad SMARTS) is 1. The van der Waals surface area contributed by atoms with E-state index in [1.54, 1.807) is 0 Å². The summed E-state index contributed by atoms with van der Waals surface area (Å²) in [7, 11) is 0. The second-order valence-electron chi connectivity index (χ2n) is 6.07. The zero-order valence-electron chi connectivity index (χ0n) is 13.5. The highest BCUT2D eigenvalue weighted by atomic mass is 16.4. The van der Waals surface area contributed by atoms with E-state index >= 15 is 0 Å². The average Bonchev–Trinajstić information content (AvgIpc) is 2.51. The molecule has 0 radical (unpaired) electrons. The molecule has 2 aromatic carbocycles. The van der Waals surface area contributed by atoms with Gasteiger partial charge in [-0.2, -0.15) is 0 Å². The topological polar surface area (TPSA) is 49.3 Å². The molecule has 0 unspecified atom stereocenters. The van der Waals surface area contributed by atoms with Gasteiger partial charge in [-0.1, -0.05) is 54.3 Å². The lowest BCUT2D eigenvalue weighted by Crippen LogP contribution is -2.27. The van der Waals surface area contributed by atoms with E-state index in [-0.39, 0.29) is 5.41 Å². The van der Waals surface area contributed by atoms with Gasteiger partial charge in [0.2, 0.25) is 0 Å². The van der Waals surface area contributed by atoms with Gasteiger partial charge in [-0.15, -0.1) is 0 Å². The number of allylic oxidation sites excluding steroid dienone is 1. The van der Waals surface area contributed by atoms with E-state index in [0.29, 0.717) is 0 Å². The fraction of sp³-hybridized carbons (Fsp3) is 0.250. The lowest BCUT2D eigenvalue weighted by Gasteiger charge is -2.18. The van der Waals surface area contributed by atoms with Gasteiger partial charge >= 0.3 is 5.97 Å². The number of carboxylic acids is 1. The van der Waals surface area contributed by atoms with E-state index in [2.05, 4.69) is 53.6 Å². The lowest BCUT2D eigenvalue weighted by molar-refractivity contribution is -0.131. The summed E-state index contributed by atoms with van der Waals surface area (Å²) in [6.45, 7) is 5.57. The third-order valence-electron chi connectivity index (χ3n) is 3.48. The summed E-state index contributed by atoms with van der Waals surface area (Å²) in [5, 5.41) is 14.5. The molecule has 0 aromatic heterocycles. The van der Waals surface area contributed by atoms with Crippen LogP contribution in [0.1, 0.15) is 19.4 Å². The van der Waals surface area contributed by atoms with Crippen molar-refractivity contribution in [2.75, 3.05) is 6.54 Å². The van der Waals surface area contributed by atoms with Gasteiger partial charge in [0.15, 0.2) is 0 Å². The van der Waals surface area contributed by atoms with Crippen LogP contribution in [0.15, 0.2) is 54.6 Å². The third kappa shape index (κ3) is 5.28. The molecule has 0 amide bonds. The molecule has 2 rings (SSSR count). The molecule has 0 heterocycles. The highest BCUT2D eigenvalue weighted by molar-refractivity contribution is 5.85. The van der Waals surface area contributed by atoms with Gasteiger partial charge in [0, 0.05) is 24.6 Å². The average molecular weight is 307 g/mol. The van der Waals surface area contributed by atoms with Crippen LogP contribution in [-0.2, 0) is 11.3 Å². The van der Waals surface area contributed by atoms with Gasteiger partial charge in [0.1, 0.15) is 0 Å². The molecular formula is C20H21NO2. The fourth-order valence-electron chi connectivity index (χ4n) is 2.35. The number of nitrogens with one attached hydrogen (secondary N) is 1. The Bertz CT molecular complexity index is 774. The first-order valence-electron chi connectivity index (χ1n) is 7.57. The van der Waals surface area contributed by atoms with Crippen molar-refractivity contribution in [2.45, 2.75) is 20.4 Å². The molecule has 3 nitrogen and oxygen atoms in total. The Labute approximate surface area is 137 Å². The van der Waals surface area contributed by atoms with Crippen LogP contribution in [0.25, 0.3) is 10.8 Å². The van der Waals surface area contributed by atoms with Crippen molar-refractivity contribution in [1.82, 2.24) is 5.32 Å². The Morgan fingerprint density at radius 3 is 2.74 bits per heavy atom. The Kier molecular flexibility index (Phi) is 5.56. The number of aliphatic carboxylic acids is 1. The Hall–Kier alpha value is -2.57. The van der Waals surface area contributed by atoms with Crippen molar-refractivity contribution in [1.29, 1.82) is 0 Å². The molecule has 118 valence electrons. The van der Waals surface area contributed by atoms with Crippen molar-refractivity contribution in [2.24, 2.45) is 5.41 Å². The van der Waals surface area contributed by atoms with E-state index in [1.807, 2.05) is 19.9 Å². The second kappa shape index (κ2) is 7.62.